The predicted octanol–water partition coefficient (Wildman–Crippen LogP) is 4.11. The van der Waals surface area contributed by atoms with Crippen molar-refractivity contribution in [1.82, 2.24) is 4.98 Å². The van der Waals surface area contributed by atoms with Crippen molar-refractivity contribution in [3.8, 4) is 0 Å². The first-order valence-corrected chi connectivity index (χ1v) is 8.62. The number of aliphatic hydroxyl groups excluding tert-OH is 1. The Morgan fingerprint density at radius 3 is 2.52 bits per heavy atom. The van der Waals surface area contributed by atoms with E-state index in [1.54, 1.807) is 12.3 Å². The summed E-state index contributed by atoms with van der Waals surface area (Å²) in [6.45, 7) is 7.59. The molecule has 1 fully saturated rings. The van der Waals surface area contributed by atoms with E-state index < -0.39 is 11.2 Å². The van der Waals surface area contributed by atoms with Gasteiger partial charge in [0.05, 0.1) is 5.56 Å². The van der Waals surface area contributed by atoms with E-state index in [0.29, 0.717) is 11.5 Å². The average molecular weight is 340 g/mol. The third kappa shape index (κ3) is 5.47. The molecule has 1 aliphatic rings. The summed E-state index contributed by atoms with van der Waals surface area (Å²) in [5.74, 6) is 0.461. The van der Waals surface area contributed by atoms with Crippen LogP contribution in [-0.2, 0) is 4.74 Å². The van der Waals surface area contributed by atoms with Crippen LogP contribution >= 0.6 is 11.6 Å². The minimum atomic E-state index is -0.800. The zero-order valence-electron chi connectivity index (χ0n) is 14.3. The van der Waals surface area contributed by atoms with E-state index >= 15 is 0 Å². The van der Waals surface area contributed by atoms with Crippen LogP contribution in [0.25, 0.3) is 0 Å². The van der Waals surface area contributed by atoms with Gasteiger partial charge in [-0.15, -0.1) is 0 Å². The zero-order chi connectivity index (χ0) is 17.2. The number of esters is 1. The molecule has 0 radical (unpaired) electrons. The van der Waals surface area contributed by atoms with E-state index in [-0.39, 0.29) is 17.8 Å². The fourth-order valence-corrected chi connectivity index (χ4v) is 3.05. The van der Waals surface area contributed by atoms with Crippen LogP contribution in [0, 0.1) is 11.8 Å². The van der Waals surface area contributed by atoms with Gasteiger partial charge in [0.2, 0.25) is 0 Å². The van der Waals surface area contributed by atoms with Gasteiger partial charge in [0, 0.05) is 17.8 Å². The largest absolute Gasteiger partial charge is 0.456 e. The summed E-state index contributed by atoms with van der Waals surface area (Å²) < 4.78 is 5.33. The monoisotopic (exact) mass is 339 g/mol. The molecular formula is C18H26ClNO3. The third-order valence-corrected chi connectivity index (χ3v) is 4.46. The van der Waals surface area contributed by atoms with Crippen LogP contribution in [0.2, 0.25) is 0 Å². The number of ether oxygens (including phenoxy) is 1. The molecule has 1 aromatic heterocycles. The smallest absolute Gasteiger partial charge is 0.340 e. The molecule has 3 atom stereocenters. The first kappa shape index (κ1) is 18.2. The Morgan fingerprint density at radius 1 is 1.43 bits per heavy atom. The maximum absolute atomic E-state index is 12.0. The van der Waals surface area contributed by atoms with E-state index in [9.17, 15) is 9.90 Å². The lowest BCUT2D eigenvalue weighted by Gasteiger charge is -2.22. The van der Waals surface area contributed by atoms with Gasteiger partial charge in [-0.3, -0.25) is 4.98 Å². The SMILES string of the molecule is CC(CC(C(O)Cl)C1CC1)c1ccc(C(=O)OC(C)(C)C)cn1. The molecule has 2 rings (SSSR count). The van der Waals surface area contributed by atoms with Crippen molar-refractivity contribution in [3.05, 3.63) is 29.6 Å². The summed E-state index contributed by atoms with van der Waals surface area (Å²) in [7, 11) is 0. The molecule has 5 heteroatoms. The Kier molecular flexibility index (Phi) is 5.69. The molecule has 0 aromatic carbocycles. The lowest BCUT2D eigenvalue weighted by molar-refractivity contribution is 0.00690. The minimum Gasteiger partial charge on any atom is -0.456 e. The molecular weight excluding hydrogens is 314 g/mol. The van der Waals surface area contributed by atoms with E-state index in [1.165, 1.54) is 0 Å². The number of nitrogens with zero attached hydrogens (tertiary/aromatic N) is 1. The molecule has 0 saturated heterocycles. The number of halogens is 1. The van der Waals surface area contributed by atoms with Gasteiger partial charge in [-0.25, -0.2) is 4.79 Å². The molecule has 128 valence electrons. The lowest BCUT2D eigenvalue weighted by Crippen LogP contribution is -2.24. The molecule has 23 heavy (non-hydrogen) atoms. The second kappa shape index (κ2) is 7.18. The molecule has 1 aliphatic carbocycles. The van der Waals surface area contributed by atoms with Crippen LogP contribution in [0.4, 0.5) is 0 Å². The average Bonchev–Trinajstić information content (AvgIpc) is 3.27. The lowest BCUT2D eigenvalue weighted by atomic mass is 9.90. The molecule has 0 spiro atoms. The number of pyridine rings is 1. The number of hydrogen-bond donors (Lipinski definition) is 1. The molecule has 1 N–H and O–H groups in total. The van der Waals surface area contributed by atoms with Crippen LogP contribution < -0.4 is 0 Å². The van der Waals surface area contributed by atoms with Crippen LogP contribution in [0.5, 0.6) is 0 Å². The van der Waals surface area contributed by atoms with E-state index in [2.05, 4.69) is 11.9 Å². The van der Waals surface area contributed by atoms with Crippen LogP contribution in [0.3, 0.4) is 0 Å². The number of alkyl halides is 1. The highest BCUT2D eigenvalue weighted by Gasteiger charge is 2.36. The highest BCUT2D eigenvalue weighted by Crippen LogP contribution is 2.43. The Bertz CT molecular complexity index is 530. The van der Waals surface area contributed by atoms with Gasteiger partial charge in [0.1, 0.15) is 11.2 Å². The Labute approximate surface area is 143 Å². The normalized spacial score (nSPS) is 19.0. The zero-order valence-corrected chi connectivity index (χ0v) is 15.0. The summed E-state index contributed by atoms with van der Waals surface area (Å²) >= 11 is 5.91. The third-order valence-electron chi connectivity index (χ3n) is 4.13. The van der Waals surface area contributed by atoms with Gasteiger partial charge in [0.15, 0.2) is 0 Å². The molecule has 1 aromatic rings. The summed E-state index contributed by atoms with van der Waals surface area (Å²) in [5.41, 5.74) is 0.0371. The van der Waals surface area contributed by atoms with Gasteiger partial charge in [-0.1, -0.05) is 18.5 Å². The van der Waals surface area contributed by atoms with Crippen molar-refractivity contribution < 1.29 is 14.6 Å². The molecule has 3 unspecified atom stereocenters. The first-order valence-electron chi connectivity index (χ1n) is 8.19. The number of carbonyl (C=O) groups is 1. The Morgan fingerprint density at radius 2 is 2.09 bits per heavy atom. The second-order valence-electron chi connectivity index (χ2n) is 7.48. The van der Waals surface area contributed by atoms with E-state index in [1.807, 2.05) is 26.8 Å². The fraction of sp³-hybridized carbons (Fsp3) is 0.667. The van der Waals surface area contributed by atoms with Crippen LogP contribution in [-0.4, -0.2) is 27.2 Å². The molecule has 0 bridgehead atoms. The summed E-state index contributed by atoms with van der Waals surface area (Å²) in [5, 5.41) is 9.73. The first-order chi connectivity index (χ1) is 10.7. The van der Waals surface area contributed by atoms with Gasteiger partial charge in [-0.2, -0.15) is 0 Å². The van der Waals surface area contributed by atoms with Gasteiger partial charge in [0.25, 0.3) is 0 Å². The van der Waals surface area contributed by atoms with Gasteiger partial charge in [-0.05, 0) is 64.0 Å². The molecule has 1 saturated carbocycles. The van der Waals surface area contributed by atoms with Crippen molar-refractivity contribution in [3.63, 3.8) is 0 Å². The minimum absolute atomic E-state index is 0.110. The molecule has 0 amide bonds. The molecule has 1 heterocycles. The fourth-order valence-electron chi connectivity index (χ4n) is 2.74. The van der Waals surface area contributed by atoms with Crippen molar-refractivity contribution in [2.24, 2.45) is 11.8 Å². The maximum atomic E-state index is 12.0. The van der Waals surface area contributed by atoms with E-state index in [4.69, 9.17) is 16.3 Å². The van der Waals surface area contributed by atoms with Crippen molar-refractivity contribution in [2.45, 2.75) is 64.0 Å². The summed E-state index contributed by atoms with van der Waals surface area (Å²) in [4.78, 5) is 16.4. The van der Waals surface area contributed by atoms with Crippen LogP contribution in [0.15, 0.2) is 18.3 Å². The quantitative estimate of drug-likeness (QED) is 0.625. The molecule has 4 nitrogen and oxygen atoms in total. The van der Waals surface area contributed by atoms with E-state index in [0.717, 1.165) is 25.0 Å². The van der Waals surface area contributed by atoms with Crippen molar-refractivity contribution >= 4 is 17.6 Å². The highest BCUT2D eigenvalue weighted by molar-refractivity contribution is 6.19. The highest BCUT2D eigenvalue weighted by atomic mass is 35.5. The predicted molar refractivity (Wildman–Crippen MR) is 90.5 cm³/mol. The van der Waals surface area contributed by atoms with Crippen LogP contribution in [0.1, 0.15) is 68.9 Å². The summed E-state index contributed by atoms with van der Waals surface area (Å²) in [6, 6.07) is 3.60. The topological polar surface area (TPSA) is 59.4 Å². The Balaban J connectivity index is 1.99. The number of hydrogen-bond acceptors (Lipinski definition) is 4. The van der Waals surface area contributed by atoms with Gasteiger partial charge < -0.3 is 9.84 Å². The number of aromatic nitrogens is 1. The maximum Gasteiger partial charge on any atom is 0.340 e. The Hall–Kier alpha value is -1.13. The van der Waals surface area contributed by atoms with Crippen molar-refractivity contribution in [2.75, 3.05) is 0 Å². The number of aliphatic hydroxyl groups is 1. The number of rotatable bonds is 6. The van der Waals surface area contributed by atoms with Crippen molar-refractivity contribution in [1.29, 1.82) is 0 Å². The van der Waals surface area contributed by atoms with Gasteiger partial charge >= 0.3 is 5.97 Å². The standard InChI is InChI=1S/C18H26ClNO3/c1-11(9-14(16(19)21)12-5-6-12)15-8-7-13(10-20-15)17(22)23-18(2,3)4/h7-8,10-12,14,16,21H,5-6,9H2,1-4H3. The summed E-state index contributed by atoms with van der Waals surface area (Å²) in [6.07, 6.45) is 4.65. The molecule has 0 aliphatic heterocycles. The number of carbonyl (C=O) groups excluding carboxylic acids is 1. The second-order valence-corrected chi connectivity index (χ2v) is 7.93.